The minimum atomic E-state index is -0.859. The van der Waals surface area contributed by atoms with E-state index >= 15 is 0 Å². The molecule has 0 bridgehead atoms. The third-order valence-corrected chi connectivity index (χ3v) is 6.90. The van der Waals surface area contributed by atoms with E-state index in [-0.39, 0.29) is 36.9 Å². The first-order chi connectivity index (χ1) is 16.0. The monoisotopic (exact) mass is 446 g/mol. The normalized spacial score (nSPS) is 23.3. The van der Waals surface area contributed by atoms with E-state index in [1.165, 1.54) is 11.1 Å². The van der Waals surface area contributed by atoms with Crippen LogP contribution in [0.2, 0.25) is 0 Å². The van der Waals surface area contributed by atoms with Crippen LogP contribution in [0.15, 0.2) is 60.7 Å². The van der Waals surface area contributed by atoms with Gasteiger partial charge in [0.05, 0.1) is 17.9 Å². The summed E-state index contributed by atoms with van der Waals surface area (Å²) in [5.41, 5.74) is 4.66. The fourth-order valence-electron chi connectivity index (χ4n) is 5.18. The molecule has 0 radical (unpaired) electrons. The molecule has 1 fully saturated rings. The molecule has 2 aromatic carbocycles. The number of hydrogen-bond donors (Lipinski definition) is 2. The first-order valence-electron chi connectivity index (χ1n) is 11.3. The van der Waals surface area contributed by atoms with Crippen LogP contribution < -0.4 is 5.32 Å². The van der Waals surface area contributed by atoms with Crippen molar-refractivity contribution in [2.24, 2.45) is 11.8 Å². The average Bonchev–Trinajstić information content (AvgIpc) is 3.55. The van der Waals surface area contributed by atoms with Crippen LogP contribution >= 0.6 is 0 Å². The lowest BCUT2D eigenvalue weighted by molar-refractivity contribution is -0.141. The fraction of sp³-hybridized carbons (Fsp3) is 0.346. The maximum absolute atomic E-state index is 12.7. The average molecular weight is 447 g/mol. The molecule has 5 rings (SSSR count). The van der Waals surface area contributed by atoms with Crippen molar-refractivity contribution in [2.75, 3.05) is 19.7 Å². The Kier molecular flexibility index (Phi) is 5.62. The van der Waals surface area contributed by atoms with Crippen LogP contribution in [0.25, 0.3) is 11.1 Å². The zero-order valence-corrected chi connectivity index (χ0v) is 18.1. The van der Waals surface area contributed by atoms with Crippen molar-refractivity contribution < 1.29 is 24.2 Å². The molecule has 2 amide bonds. The van der Waals surface area contributed by atoms with Gasteiger partial charge in [0.25, 0.3) is 0 Å². The lowest BCUT2D eigenvalue weighted by Gasteiger charge is -2.20. The van der Waals surface area contributed by atoms with E-state index in [0.29, 0.717) is 19.4 Å². The van der Waals surface area contributed by atoms with E-state index in [4.69, 9.17) is 9.84 Å². The van der Waals surface area contributed by atoms with Gasteiger partial charge in [0.15, 0.2) is 0 Å². The maximum atomic E-state index is 12.7. The summed E-state index contributed by atoms with van der Waals surface area (Å²) >= 11 is 0. The third kappa shape index (κ3) is 4.11. The summed E-state index contributed by atoms with van der Waals surface area (Å²) in [6.45, 7) is 0.955. The van der Waals surface area contributed by atoms with Crippen LogP contribution in [0, 0.1) is 11.8 Å². The van der Waals surface area contributed by atoms with E-state index in [2.05, 4.69) is 29.6 Å². The van der Waals surface area contributed by atoms with Gasteiger partial charge in [0.2, 0.25) is 5.91 Å². The quantitative estimate of drug-likeness (QED) is 0.687. The van der Waals surface area contributed by atoms with E-state index in [9.17, 15) is 14.4 Å². The Morgan fingerprint density at radius 3 is 2.30 bits per heavy atom. The lowest BCUT2D eigenvalue weighted by Crippen LogP contribution is -2.37. The maximum Gasteiger partial charge on any atom is 0.407 e. The van der Waals surface area contributed by atoms with Crippen LogP contribution in [-0.4, -0.2) is 53.7 Å². The molecule has 2 N–H and O–H groups in total. The number of likely N-dealkylation sites (tertiary alicyclic amines) is 1. The Hall–Kier alpha value is -3.61. The van der Waals surface area contributed by atoms with Gasteiger partial charge in [-0.15, -0.1) is 0 Å². The third-order valence-electron chi connectivity index (χ3n) is 6.90. The number of carboxylic acid groups (broad SMARTS) is 1. The summed E-state index contributed by atoms with van der Waals surface area (Å²) in [5.74, 6) is -1.78. The van der Waals surface area contributed by atoms with Crippen molar-refractivity contribution in [3.63, 3.8) is 0 Å². The molecule has 3 atom stereocenters. The number of carbonyl (C=O) groups is 3. The topological polar surface area (TPSA) is 95.9 Å². The number of carbonyl (C=O) groups excluding carboxylic acids is 2. The van der Waals surface area contributed by atoms with Crippen molar-refractivity contribution in [1.82, 2.24) is 10.2 Å². The van der Waals surface area contributed by atoms with E-state index in [1.807, 2.05) is 30.3 Å². The minimum Gasteiger partial charge on any atom is -0.481 e. The number of nitrogens with one attached hydrogen (secondary N) is 1. The lowest BCUT2D eigenvalue weighted by atomic mass is 9.98. The number of carboxylic acids is 1. The van der Waals surface area contributed by atoms with Gasteiger partial charge < -0.3 is 20.1 Å². The zero-order valence-electron chi connectivity index (χ0n) is 18.1. The molecule has 3 unspecified atom stereocenters. The largest absolute Gasteiger partial charge is 0.481 e. The molecule has 1 saturated heterocycles. The zero-order chi connectivity index (χ0) is 22.9. The highest BCUT2D eigenvalue weighted by molar-refractivity contribution is 5.83. The van der Waals surface area contributed by atoms with E-state index < -0.39 is 18.0 Å². The SMILES string of the molecule is O=C(NC1C=CC(C(=O)N2CCC(C(=O)O)C2)C1)OCC1c2ccccc2-c2ccccc21. The second-order valence-electron chi connectivity index (χ2n) is 8.91. The van der Waals surface area contributed by atoms with Gasteiger partial charge >= 0.3 is 12.1 Å². The Morgan fingerprint density at radius 1 is 1.00 bits per heavy atom. The number of alkyl carbamates (subject to hydrolysis) is 1. The minimum absolute atomic E-state index is 0.00561. The van der Waals surface area contributed by atoms with Crippen molar-refractivity contribution in [3.05, 3.63) is 71.8 Å². The Morgan fingerprint density at radius 2 is 1.67 bits per heavy atom. The molecule has 1 heterocycles. The molecule has 170 valence electrons. The first kappa shape index (κ1) is 21.2. The summed E-state index contributed by atoms with van der Waals surface area (Å²) < 4.78 is 5.59. The summed E-state index contributed by atoms with van der Waals surface area (Å²) in [7, 11) is 0. The molecule has 1 aliphatic heterocycles. The smallest absolute Gasteiger partial charge is 0.407 e. The van der Waals surface area contributed by atoms with Gasteiger partial charge in [-0.1, -0.05) is 60.7 Å². The summed E-state index contributed by atoms with van der Waals surface area (Å²) in [5, 5.41) is 12.0. The number of rotatable bonds is 5. The van der Waals surface area contributed by atoms with Crippen molar-refractivity contribution in [2.45, 2.75) is 24.8 Å². The fourth-order valence-corrected chi connectivity index (χ4v) is 5.18. The molecular weight excluding hydrogens is 420 g/mol. The van der Waals surface area contributed by atoms with Gasteiger partial charge in [0.1, 0.15) is 6.61 Å². The van der Waals surface area contributed by atoms with Crippen LogP contribution in [-0.2, 0) is 14.3 Å². The van der Waals surface area contributed by atoms with Crippen molar-refractivity contribution in [3.8, 4) is 11.1 Å². The molecule has 0 aromatic heterocycles. The van der Waals surface area contributed by atoms with Crippen molar-refractivity contribution >= 4 is 18.0 Å². The standard InChI is InChI=1S/C26H26N2O5/c29-24(28-12-11-17(14-28)25(30)31)16-9-10-18(13-16)27-26(32)33-15-23-21-7-3-1-5-19(21)20-6-2-4-8-22(20)23/h1-10,16-18,23H,11-15H2,(H,27,32)(H,30,31). The highest BCUT2D eigenvalue weighted by Crippen LogP contribution is 2.44. The number of amides is 2. The van der Waals surface area contributed by atoms with Crippen LogP contribution in [0.3, 0.4) is 0 Å². The van der Waals surface area contributed by atoms with Gasteiger partial charge in [-0.3, -0.25) is 9.59 Å². The highest BCUT2D eigenvalue weighted by Gasteiger charge is 2.36. The second kappa shape index (κ2) is 8.73. The van der Waals surface area contributed by atoms with Gasteiger partial charge in [-0.05, 0) is 35.1 Å². The molecule has 0 spiro atoms. The summed E-state index contributed by atoms with van der Waals surface area (Å²) in [6, 6.07) is 16.1. The summed E-state index contributed by atoms with van der Waals surface area (Å²) in [4.78, 5) is 38.0. The molecule has 33 heavy (non-hydrogen) atoms. The number of fused-ring (bicyclic) bond motifs is 3. The van der Waals surface area contributed by atoms with Crippen LogP contribution in [0.5, 0.6) is 0 Å². The van der Waals surface area contributed by atoms with Crippen molar-refractivity contribution in [1.29, 1.82) is 0 Å². The molecule has 0 saturated carbocycles. The molecular formula is C26H26N2O5. The molecule has 7 heteroatoms. The van der Waals surface area contributed by atoms with Crippen LogP contribution in [0.1, 0.15) is 29.9 Å². The molecule has 3 aliphatic rings. The number of ether oxygens (including phenoxy) is 1. The van der Waals surface area contributed by atoms with E-state index in [0.717, 1.165) is 11.1 Å². The highest BCUT2D eigenvalue weighted by atomic mass is 16.5. The van der Waals surface area contributed by atoms with Gasteiger partial charge in [-0.25, -0.2) is 4.79 Å². The molecule has 2 aliphatic carbocycles. The van der Waals surface area contributed by atoms with Crippen LogP contribution in [0.4, 0.5) is 4.79 Å². The number of hydrogen-bond acceptors (Lipinski definition) is 4. The Balaban J connectivity index is 1.14. The number of benzene rings is 2. The predicted molar refractivity (Wildman–Crippen MR) is 122 cm³/mol. The van der Waals surface area contributed by atoms with Gasteiger partial charge in [0, 0.05) is 19.0 Å². The summed E-state index contributed by atoms with van der Waals surface area (Å²) in [6.07, 6.45) is 4.04. The first-order valence-corrected chi connectivity index (χ1v) is 11.3. The van der Waals surface area contributed by atoms with E-state index in [1.54, 1.807) is 11.0 Å². The second-order valence-corrected chi connectivity index (χ2v) is 8.91. The number of aliphatic carboxylic acids is 1. The molecule has 7 nitrogen and oxygen atoms in total. The van der Waals surface area contributed by atoms with Gasteiger partial charge in [-0.2, -0.15) is 0 Å². The Bertz CT molecular complexity index is 1080. The number of nitrogens with zero attached hydrogens (tertiary/aromatic N) is 1. The molecule has 2 aromatic rings. The predicted octanol–water partition coefficient (Wildman–Crippen LogP) is 3.40. The Labute approximate surface area is 192 Å².